The Hall–Kier alpha value is -4.02. The van der Waals surface area contributed by atoms with Gasteiger partial charge < -0.3 is 24.7 Å². The number of methoxy groups -OCH3 is 1. The number of nitrogens with one attached hydrogen (secondary N) is 1. The van der Waals surface area contributed by atoms with E-state index in [1.807, 2.05) is 91.1 Å². The van der Waals surface area contributed by atoms with Gasteiger partial charge in [0.1, 0.15) is 29.3 Å². The van der Waals surface area contributed by atoms with Crippen molar-refractivity contribution in [3.05, 3.63) is 125 Å². The van der Waals surface area contributed by atoms with Crippen molar-refractivity contribution in [1.29, 1.82) is 0 Å². The maximum Gasteiger partial charge on any atom is 0.184 e. The van der Waals surface area contributed by atoms with E-state index in [0.29, 0.717) is 12.3 Å². The third-order valence-electron chi connectivity index (χ3n) is 8.58. The predicted molar refractivity (Wildman–Crippen MR) is 169 cm³/mol. The summed E-state index contributed by atoms with van der Waals surface area (Å²) in [6, 6.07) is 27.5. The molecule has 4 aliphatic rings. The predicted octanol–water partition coefficient (Wildman–Crippen LogP) is 5.08. The maximum absolute atomic E-state index is 15.8. The van der Waals surface area contributed by atoms with Crippen molar-refractivity contribution < 1.29 is 23.7 Å². The van der Waals surface area contributed by atoms with E-state index < -0.39 is 30.2 Å². The lowest BCUT2D eigenvalue weighted by Gasteiger charge is -2.37. The summed E-state index contributed by atoms with van der Waals surface area (Å²) in [4.78, 5) is 0. The Morgan fingerprint density at radius 1 is 0.977 bits per heavy atom. The zero-order valence-corrected chi connectivity index (χ0v) is 25.0. The molecule has 3 aromatic carbocycles. The van der Waals surface area contributed by atoms with E-state index in [1.165, 1.54) is 10.6 Å². The lowest BCUT2D eigenvalue weighted by Crippen LogP contribution is -2.39. The van der Waals surface area contributed by atoms with E-state index in [2.05, 4.69) is 15.6 Å². The van der Waals surface area contributed by atoms with E-state index in [-0.39, 0.29) is 19.0 Å². The van der Waals surface area contributed by atoms with Gasteiger partial charge in [-0.2, -0.15) is 10.2 Å². The number of allylic oxidation sites excluding steroid dienone is 2. The second-order valence-corrected chi connectivity index (χ2v) is 11.0. The monoisotopic (exact) mass is 616 g/mol. The third-order valence-corrected chi connectivity index (χ3v) is 8.58. The van der Waals surface area contributed by atoms with Gasteiger partial charge in [0.15, 0.2) is 12.4 Å². The van der Waals surface area contributed by atoms with E-state index >= 15 is 4.39 Å². The summed E-state index contributed by atoms with van der Waals surface area (Å²) >= 11 is 0. The highest BCUT2D eigenvalue weighted by Gasteiger charge is 2.49. The molecule has 1 saturated heterocycles. The van der Waals surface area contributed by atoms with Gasteiger partial charge in [-0.25, -0.2) is 9.40 Å². The van der Waals surface area contributed by atoms with Crippen LogP contribution in [0.2, 0.25) is 0 Å². The van der Waals surface area contributed by atoms with Crippen LogP contribution in [0.25, 0.3) is 0 Å². The Labute approximate surface area is 261 Å². The van der Waals surface area contributed by atoms with Gasteiger partial charge in [0, 0.05) is 11.8 Å². The minimum Gasteiger partial charge on any atom is -0.497 e. The van der Waals surface area contributed by atoms with Crippen LogP contribution in [0.5, 0.6) is 5.75 Å². The van der Waals surface area contributed by atoms with Crippen LogP contribution >= 0.6 is 12.4 Å². The number of halogens is 2. The van der Waals surface area contributed by atoms with Crippen molar-refractivity contribution >= 4 is 24.3 Å². The SMILES string of the molecule is COc1ccc(C(OC[C@H]2O[C@@H](N3C=C4CCC5=C4C(=N3)C=NNC5)[C@H](F)[C@@H]2O)(c2ccccc2)c2ccccc2)cc1.Cl. The highest BCUT2D eigenvalue weighted by Crippen LogP contribution is 2.43. The van der Waals surface area contributed by atoms with Gasteiger partial charge in [-0.15, -0.1) is 12.4 Å². The molecule has 0 radical (unpaired) electrons. The average Bonchev–Trinajstić information content (AvgIpc) is 3.52. The summed E-state index contributed by atoms with van der Waals surface area (Å²) in [6.45, 7) is 0.598. The fourth-order valence-corrected chi connectivity index (χ4v) is 6.43. The normalized spacial score (nSPS) is 24.1. The van der Waals surface area contributed by atoms with Crippen molar-refractivity contribution in [2.45, 2.75) is 43.1 Å². The molecule has 3 aromatic rings. The molecule has 0 spiro atoms. The Balaban J connectivity index is 0.00000343. The van der Waals surface area contributed by atoms with Crippen LogP contribution in [0, 0.1) is 0 Å². The molecule has 8 nitrogen and oxygen atoms in total. The summed E-state index contributed by atoms with van der Waals surface area (Å²) in [5, 5.41) is 21.5. The number of aliphatic hydroxyl groups excluding tert-OH is 1. The molecule has 7 rings (SSSR count). The molecule has 44 heavy (non-hydrogen) atoms. The molecule has 4 atom stereocenters. The molecule has 0 saturated carbocycles. The van der Waals surface area contributed by atoms with Gasteiger partial charge in [-0.3, -0.25) is 0 Å². The molecule has 228 valence electrons. The van der Waals surface area contributed by atoms with Gasteiger partial charge >= 0.3 is 0 Å². The summed E-state index contributed by atoms with van der Waals surface area (Å²) < 4.78 is 34.3. The van der Waals surface area contributed by atoms with Crippen LogP contribution in [0.4, 0.5) is 4.39 Å². The molecular weight excluding hydrogens is 583 g/mol. The molecule has 0 aromatic heterocycles. The highest BCUT2D eigenvalue weighted by atomic mass is 35.5. The molecule has 0 unspecified atom stereocenters. The molecule has 0 bridgehead atoms. The number of alkyl halides is 1. The molecule has 3 heterocycles. The molecule has 2 N–H and O–H groups in total. The molecule has 1 fully saturated rings. The third kappa shape index (κ3) is 5.20. The van der Waals surface area contributed by atoms with Gasteiger partial charge in [0.25, 0.3) is 0 Å². The minimum absolute atomic E-state index is 0. The summed E-state index contributed by atoms with van der Waals surface area (Å²) in [5.41, 5.74) is 8.66. The van der Waals surface area contributed by atoms with E-state index in [0.717, 1.165) is 46.4 Å². The molecule has 10 heteroatoms. The van der Waals surface area contributed by atoms with E-state index in [9.17, 15) is 5.11 Å². The quantitative estimate of drug-likeness (QED) is 0.343. The van der Waals surface area contributed by atoms with Crippen LogP contribution in [-0.4, -0.2) is 66.9 Å². The fraction of sp³-hybridized carbons (Fsp3) is 0.294. The first-order valence-electron chi connectivity index (χ1n) is 14.5. The van der Waals surface area contributed by atoms with Crippen molar-refractivity contribution in [1.82, 2.24) is 10.4 Å². The summed E-state index contributed by atoms with van der Waals surface area (Å²) in [7, 11) is 1.63. The molecule has 0 amide bonds. The number of ether oxygens (including phenoxy) is 3. The number of benzene rings is 3. The van der Waals surface area contributed by atoms with Crippen LogP contribution < -0.4 is 10.2 Å². The fourth-order valence-electron chi connectivity index (χ4n) is 6.43. The first kappa shape index (κ1) is 30.0. The Morgan fingerprint density at radius 3 is 2.30 bits per heavy atom. The second kappa shape index (κ2) is 12.5. The largest absolute Gasteiger partial charge is 0.497 e. The van der Waals surface area contributed by atoms with Crippen LogP contribution in [0.1, 0.15) is 29.5 Å². The van der Waals surface area contributed by atoms with Crippen LogP contribution in [0.15, 0.2) is 118 Å². The van der Waals surface area contributed by atoms with E-state index in [4.69, 9.17) is 14.2 Å². The number of aliphatic hydroxyl groups is 1. The second-order valence-electron chi connectivity index (χ2n) is 11.0. The lowest BCUT2D eigenvalue weighted by molar-refractivity contribution is -0.105. The molecule has 1 aliphatic carbocycles. The first-order chi connectivity index (χ1) is 21.1. The summed E-state index contributed by atoms with van der Waals surface area (Å²) in [5.74, 6) is 0.718. The Morgan fingerprint density at radius 2 is 1.64 bits per heavy atom. The standard InChI is InChI=1S/C34H33FN4O4.ClH/c1-41-27-16-14-26(15-17-27)34(24-8-4-2-5-9-24,25-10-6-3-7-11-25)42-21-29-32(40)31(35)33(43-29)39-20-23-13-12-22-18-36-37-19-28(38-39)30(22)23;/h2-11,14-17,19-20,29,31-33,36,40H,12-13,18,21H2,1H3;1H/t29-,31-,32-,33-;/m1./s1. The van der Waals surface area contributed by atoms with Crippen molar-refractivity contribution in [3.63, 3.8) is 0 Å². The maximum atomic E-state index is 15.8. The van der Waals surface area contributed by atoms with E-state index in [1.54, 1.807) is 13.3 Å². The topological polar surface area (TPSA) is 87.9 Å². The van der Waals surface area contributed by atoms with Crippen molar-refractivity contribution in [2.75, 3.05) is 20.3 Å². The number of nitrogens with zero attached hydrogens (tertiary/aromatic N) is 3. The van der Waals surface area contributed by atoms with Gasteiger partial charge in [-0.1, -0.05) is 72.8 Å². The summed E-state index contributed by atoms with van der Waals surface area (Å²) in [6.07, 6.45) is 0.0822. The average molecular weight is 617 g/mol. The number of rotatable bonds is 8. The van der Waals surface area contributed by atoms with Crippen LogP contribution in [-0.2, 0) is 15.1 Å². The first-order valence-corrected chi connectivity index (χ1v) is 14.5. The Kier molecular flexibility index (Phi) is 8.55. The Bertz CT molecular complexity index is 1560. The van der Waals surface area contributed by atoms with Crippen LogP contribution in [0.3, 0.4) is 0 Å². The molecule has 3 aliphatic heterocycles. The highest BCUT2D eigenvalue weighted by molar-refractivity contribution is 6.40. The minimum atomic E-state index is -1.70. The van der Waals surface area contributed by atoms with Gasteiger partial charge in [0.05, 0.1) is 26.5 Å². The number of hydrogen-bond donors (Lipinski definition) is 2. The van der Waals surface area contributed by atoms with Crippen molar-refractivity contribution in [2.24, 2.45) is 10.2 Å². The number of hydrazone groups is 2. The van der Waals surface area contributed by atoms with Crippen molar-refractivity contribution in [3.8, 4) is 5.75 Å². The zero-order valence-electron chi connectivity index (χ0n) is 24.2. The van der Waals surface area contributed by atoms with Gasteiger partial charge in [0.2, 0.25) is 0 Å². The number of hydrogen-bond acceptors (Lipinski definition) is 8. The molecular formula is C34H34ClFN4O4. The van der Waals surface area contributed by atoms with Gasteiger partial charge in [-0.05, 0) is 52.8 Å². The smallest absolute Gasteiger partial charge is 0.184 e. The lowest BCUT2D eigenvalue weighted by atomic mass is 9.80. The zero-order chi connectivity index (χ0) is 29.4.